The number of fused-ring (bicyclic) bond motifs is 4. The maximum atomic E-state index is 6.27. The van der Waals surface area contributed by atoms with Gasteiger partial charge in [-0.1, -0.05) is 13.3 Å². The predicted molar refractivity (Wildman–Crippen MR) is 58.5 cm³/mol. The van der Waals surface area contributed by atoms with Gasteiger partial charge in [-0.25, -0.2) is 0 Å². The first-order valence-electron chi connectivity index (χ1n) is 6.45. The van der Waals surface area contributed by atoms with E-state index in [1.54, 1.807) is 0 Å². The Kier molecular flexibility index (Phi) is 2.33. The lowest BCUT2D eigenvalue weighted by Crippen LogP contribution is -2.47. The zero-order valence-electron chi connectivity index (χ0n) is 9.87. The van der Waals surface area contributed by atoms with Gasteiger partial charge in [0.05, 0.1) is 6.10 Å². The summed E-state index contributed by atoms with van der Waals surface area (Å²) >= 11 is 0. The minimum Gasteiger partial charge on any atom is -0.353 e. The Morgan fingerprint density at radius 1 is 1.27 bits per heavy atom. The zero-order valence-corrected chi connectivity index (χ0v) is 9.87. The summed E-state index contributed by atoms with van der Waals surface area (Å²) in [5.74, 6) is 2.38. The number of hydrogen-bond donors (Lipinski definition) is 0. The van der Waals surface area contributed by atoms with E-state index in [-0.39, 0.29) is 5.79 Å². The third-order valence-corrected chi connectivity index (χ3v) is 4.92. The quantitative estimate of drug-likeness (QED) is 0.662. The van der Waals surface area contributed by atoms with Crippen molar-refractivity contribution in [1.29, 1.82) is 0 Å². The highest BCUT2D eigenvalue weighted by atomic mass is 16.7. The maximum absolute atomic E-state index is 6.27. The highest BCUT2D eigenvalue weighted by molar-refractivity contribution is 4.97. The van der Waals surface area contributed by atoms with Crippen molar-refractivity contribution in [2.24, 2.45) is 17.8 Å². The van der Waals surface area contributed by atoms with Crippen molar-refractivity contribution >= 4 is 0 Å². The Morgan fingerprint density at radius 2 is 2.13 bits per heavy atom. The van der Waals surface area contributed by atoms with E-state index >= 15 is 0 Å². The fourth-order valence-corrected chi connectivity index (χ4v) is 4.02. The molecule has 1 aliphatic heterocycles. The van der Waals surface area contributed by atoms with Gasteiger partial charge in [0.1, 0.15) is 0 Å². The molecule has 15 heavy (non-hydrogen) atoms. The van der Waals surface area contributed by atoms with Crippen LogP contribution in [0, 0.1) is 17.8 Å². The molecule has 0 N–H and O–H groups in total. The summed E-state index contributed by atoms with van der Waals surface area (Å²) in [6.07, 6.45) is 8.14. The summed E-state index contributed by atoms with van der Waals surface area (Å²) in [4.78, 5) is 0. The smallest absolute Gasteiger partial charge is 0.168 e. The number of ether oxygens (including phenoxy) is 2. The molecular weight excluding hydrogens is 188 g/mol. The van der Waals surface area contributed by atoms with Gasteiger partial charge in [-0.3, -0.25) is 0 Å². The van der Waals surface area contributed by atoms with Crippen LogP contribution in [0.1, 0.15) is 45.4 Å². The van der Waals surface area contributed by atoms with Crippen LogP contribution in [-0.4, -0.2) is 19.0 Å². The van der Waals surface area contributed by atoms with E-state index in [9.17, 15) is 0 Å². The molecule has 2 heteroatoms. The van der Waals surface area contributed by atoms with Crippen molar-refractivity contribution in [3.63, 3.8) is 0 Å². The van der Waals surface area contributed by atoms with Gasteiger partial charge in [0.2, 0.25) is 0 Å². The Morgan fingerprint density at radius 3 is 2.93 bits per heavy atom. The number of methoxy groups -OCH3 is 1. The third-order valence-electron chi connectivity index (χ3n) is 4.92. The van der Waals surface area contributed by atoms with Crippen molar-refractivity contribution in [3.05, 3.63) is 0 Å². The van der Waals surface area contributed by atoms with Gasteiger partial charge in [0, 0.05) is 20.0 Å². The standard InChI is InChI=1S/C13H22O2/c1-9-3-4-11-10-5-6-13(8-10,14-2)15-12(11)7-9/h9-12H,3-8H2,1-2H3. The Labute approximate surface area is 92.3 Å². The summed E-state index contributed by atoms with van der Waals surface area (Å²) in [5.41, 5.74) is 0. The molecule has 2 saturated carbocycles. The van der Waals surface area contributed by atoms with E-state index < -0.39 is 0 Å². The first-order valence-corrected chi connectivity index (χ1v) is 6.45. The SMILES string of the molecule is COC12CCC(C1)C1CCC(C)CC1O2. The van der Waals surface area contributed by atoms with Crippen molar-refractivity contribution in [1.82, 2.24) is 0 Å². The van der Waals surface area contributed by atoms with Crippen LogP contribution >= 0.6 is 0 Å². The molecule has 1 heterocycles. The topological polar surface area (TPSA) is 18.5 Å². The molecule has 0 spiro atoms. The van der Waals surface area contributed by atoms with E-state index in [0.717, 1.165) is 30.6 Å². The zero-order chi connectivity index (χ0) is 10.5. The third kappa shape index (κ3) is 1.53. The van der Waals surface area contributed by atoms with Crippen LogP contribution < -0.4 is 0 Å². The summed E-state index contributed by atoms with van der Waals surface area (Å²) in [5, 5.41) is 0. The van der Waals surface area contributed by atoms with Gasteiger partial charge in [-0.2, -0.15) is 0 Å². The molecule has 2 aliphatic carbocycles. The monoisotopic (exact) mass is 210 g/mol. The van der Waals surface area contributed by atoms with Crippen LogP contribution in [0.4, 0.5) is 0 Å². The van der Waals surface area contributed by atoms with E-state index in [4.69, 9.17) is 9.47 Å². The maximum Gasteiger partial charge on any atom is 0.168 e. The van der Waals surface area contributed by atoms with Crippen LogP contribution in [-0.2, 0) is 9.47 Å². The molecule has 1 saturated heterocycles. The second kappa shape index (κ2) is 3.46. The molecule has 0 aromatic heterocycles. The normalized spacial score (nSPS) is 54.0. The highest BCUT2D eigenvalue weighted by Crippen LogP contribution is 2.53. The van der Waals surface area contributed by atoms with Gasteiger partial charge in [-0.05, 0) is 37.0 Å². The van der Waals surface area contributed by atoms with E-state index in [1.165, 1.54) is 25.7 Å². The van der Waals surface area contributed by atoms with Crippen molar-refractivity contribution < 1.29 is 9.47 Å². The molecule has 0 radical (unpaired) electrons. The Balaban J connectivity index is 1.80. The second-order valence-corrected chi connectivity index (χ2v) is 5.86. The van der Waals surface area contributed by atoms with Crippen LogP contribution in [0.25, 0.3) is 0 Å². The minimum absolute atomic E-state index is 0.192. The van der Waals surface area contributed by atoms with E-state index in [0.29, 0.717) is 6.10 Å². The van der Waals surface area contributed by atoms with Crippen LogP contribution in [0.3, 0.4) is 0 Å². The Hall–Kier alpha value is -0.0800. The molecule has 86 valence electrons. The fraction of sp³-hybridized carbons (Fsp3) is 1.00. The average Bonchev–Trinajstić information content (AvgIpc) is 2.58. The molecule has 5 unspecified atom stereocenters. The lowest BCUT2D eigenvalue weighted by Gasteiger charge is -2.46. The van der Waals surface area contributed by atoms with Crippen molar-refractivity contribution in [3.8, 4) is 0 Å². The molecule has 5 atom stereocenters. The van der Waals surface area contributed by atoms with Crippen molar-refractivity contribution in [2.45, 2.75) is 57.3 Å². The first-order chi connectivity index (χ1) is 7.22. The summed E-state index contributed by atoms with van der Waals surface area (Å²) in [6, 6.07) is 0. The average molecular weight is 210 g/mol. The summed E-state index contributed by atoms with van der Waals surface area (Å²) in [7, 11) is 1.81. The van der Waals surface area contributed by atoms with Gasteiger partial charge in [0.25, 0.3) is 0 Å². The van der Waals surface area contributed by atoms with Gasteiger partial charge in [0.15, 0.2) is 5.79 Å². The van der Waals surface area contributed by atoms with Gasteiger partial charge >= 0.3 is 0 Å². The molecule has 0 aromatic carbocycles. The molecule has 0 aromatic rings. The number of rotatable bonds is 1. The van der Waals surface area contributed by atoms with E-state index in [2.05, 4.69) is 6.92 Å². The predicted octanol–water partition coefficient (Wildman–Crippen LogP) is 2.96. The molecule has 3 fully saturated rings. The van der Waals surface area contributed by atoms with Crippen LogP contribution in [0.5, 0.6) is 0 Å². The lowest BCUT2D eigenvalue weighted by atomic mass is 9.72. The van der Waals surface area contributed by atoms with Gasteiger partial charge < -0.3 is 9.47 Å². The summed E-state index contributed by atoms with van der Waals surface area (Å²) in [6.45, 7) is 2.36. The molecule has 0 amide bonds. The lowest BCUT2D eigenvalue weighted by molar-refractivity contribution is -0.279. The van der Waals surface area contributed by atoms with Crippen molar-refractivity contribution in [2.75, 3.05) is 7.11 Å². The Bertz CT molecular complexity index is 253. The van der Waals surface area contributed by atoms with E-state index in [1.807, 2.05) is 7.11 Å². The van der Waals surface area contributed by atoms with Gasteiger partial charge in [-0.15, -0.1) is 0 Å². The minimum atomic E-state index is -0.192. The molecule has 3 aliphatic rings. The molecular formula is C13H22O2. The molecule has 2 nitrogen and oxygen atoms in total. The van der Waals surface area contributed by atoms with Crippen LogP contribution in [0.15, 0.2) is 0 Å². The molecule has 3 rings (SSSR count). The fourth-order valence-electron chi connectivity index (χ4n) is 4.02. The second-order valence-electron chi connectivity index (χ2n) is 5.86. The molecule has 2 bridgehead atoms. The van der Waals surface area contributed by atoms with Crippen LogP contribution in [0.2, 0.25) is 0 Å². The first kappa shape index (κ1) is 10.1. The largest absolute Gasteiger partial charge is 0.353 e. The highest BCUT2D eigenvalue weighted by Gasteiger charge is 2.52. The summed E-state index contributed by atoms with van der Waals surface area (Å²) < 4.78 is 11.9. The number of hydrogen-bond acceptors (Lipinski definition) is 2.